The van der Waals surface area contributed by atoms with Crippen LogP contribution >= 0.6 is 11.6 Å². The highest BCUT2D eigenvalue weighted by molar-refractivity contribution is 6.31. The molecular formula is C31H35ClN2O4. The highest BCUT2D eigenvalue weighted by Crippen LogP contribution is 2.35. The quantitative estimate of drug-likeness (QED) is 0.371. The van der Waals surface area contributed by atoms with Gasteiger partial charge >= 0.3 is 0 Å². The van der Waals surface area contributed by atoms with E-state index in [2.05, 4.69) is 66.6 Å². The Morgan fingerprint density at radius 1 is 1.16 bits per heavy atom. The molecule has 1 aromatic heterocycles. The Labute approximate surface area is 228 Å². The summed E-state index contributed by atoms with van der Waals surface area (Å²) in [5.74, 6) is 0.957. The summed E-state index contributed by atoms with van der Waals surface area (Å²) in [6.45, 7) is 8.80. The number of aromatic amines is 1. The van der Waals surface area contributed by atoms with Crippen LogP contribution in [0.25, 0.3) is 10.9 Å². The van der Waals surface area contributed by atoms with E-state index in [0.717, 1.165) is 53.1 Å². The van der Waals surface area contributed by atoms with E-state index in [1.807, 2.05) is 19.1 Å². The summed E-state index contributed by atoms with van der Waals surface area (Å²) in [4.78, 5) is 12.6. The number of aryl methyl sites for hydroxylation is 1. The molecule has 0 saturated carbocycles. The molecule has 1 aliphatic heterocycles. The minimum Gasteiger partial charge on any atom is -0.550 e. The van der Waals surface area contributed by atoms with Gasteiger partial charge in [0.1, 0.15) is 18.1 Å². The minimum absolute atomic E-state index is 0.227. The summed E-state index contributed by atoms with van der Waals surface area (Å²) in [7, 11) is 1.72. The van der Waals surface area contributed by atoms with Gasteiger partial charge in [0.05, 0.1) is 19.3 Å². The number of H-pyrrole nitrogens is 1. The largest absolute Gasteiger partial charge is 0.550 e. The lowest BCUT2D eigenvalue weighted by atomic mass is 9.93. The van der Waals surface area contributed by atoms with Crippen LogP contribution in [0.2, 0.25) is 5.02 Å². The first-order valence-corrected chi connectivity index (χ1v) is 13.3. The summed E-state index contributed by atoms with van der Waals surface area (Å²) in [6.07, 6.45) is 1.08. The van der Waals surface area contributed by atoms with Gasteiger partial charge in [0, 0.05) is 39.4 Å². The topological polar surface area (TPSA) is 91.0 Å². The number of carboxylic acid groups (broad SMARTS) is 1. The van der Waals surface area contributed by atoms with Gasteiger partial charge in [-0.05, 0) is 72.9 Å². The van der Waals surface area contributed by atoms with E-state index in [9.17, 15) is 0 Å². The van der Waals surface area contributed by atoms with Crippen molar-refractivity contribution < 1.29 is 24.7 Å². The number of quaternary nitrogens is 1. The van der Waals surface area contributed by atoms with Crippen LogP contribution in [0.3, 0.4) is 0 Å². The molecule has 38 heavy (non-hydrogen) atoms. The maximum absolute atomic E-state index is 8.89. The number of hydrogen-bond donors (Lipinski definition) is 2. The van der Waals surface area contributed by atoms with Crippen LogP contribution in [0.1, 0.15) is 66.2 Å². The van der Waals surface area contributed by atoms with Crippen molar-refractivity contribution in [2.24, 2.45) is 0 Å². The number of methoxy groups -OCH3 is 1. The van der Waals surface area contributed by atoms with Gasteiger partial charge in [0.15, 0.2) is 6.04 Å². The zero-order valence-electron chi connectivity index (χ0n) is 22.6. The van der Waals surface area contributed by atoms with Crippen LogP contribution in [0.4, 0.5) is 0 Å². The molecule has 200 valence electrons. The van der Waals surface area contributed by atoms with Gasteiger partial charge in [-0.15, -0.1) is 0 Å². The fourth-order valence-corrected chi connectivity index (χ4v) is 5.25. The molecule has 1 unspecified atom stereocenters. The molecule has 0 saturated heterocycles. The predicted octanol–water partition coefficient (Wildman–Crippen LogP) is 4.81. The molecule has 6 nitrogen and oxygen atoms in total. The van der Waals surface area contributed by atoms with Crippen molar-refractivity contribution in [2.75, 3.05) is 13.7 Å². The van der Waals surface area contributed by atoms with Crippen molar-refractivity contribution in [3.05, 3.63) is 93.1 Å². The second kappa shape index (κ2) is 11.9. The Morgan fingerprint density at radius 3 is 2.61 bits per heavy atom. The molecule has 4 aromatic rings. The van der Waals surface area contributed by atoms with E-state index >= 15 is 0 Å². The van der Waals surface area contributed by atoms with Crippen molar-refractivity contribution in [3.8, 4) is 11.5 Å². The Balaban J connectivity index is 0.000000786. The number of carboxylic acids is 1. The number of fused-ring (bicyclic) bond motifs is 3. The fraction of sp³-hybridized carbons (Fsp3) is 0.323. The SMILES string of the molecule is CC(=O)[O-].COc1ccc(C2[NH2+]CCc3c2[nH]c2ccccc32)cc1COc1cc(C)c(Cl)cc1C(C)C. The van der Waals surface area contributed by atoms with Crippen LogP contribution < -0.4 is 19.9 Å². The number of aliphatic carboxylic acids is 1. The van der Waals surface area contributed by atoms with Gasteiger partial charge in [-0.1, -0.05) is 43.6 Å². The van der Waals surface area contributed by atoms with Gasteiger partial charge in [0.2, 0.25) is 0 Å². The fourth-order valence-electron chi connectivity index (χ4n) is 5.08. The molecule has 5 rings (SSSR count). The lowest BCUT2D eigenvalue weighted by Crippen LogP contribution is -2.87. The number of rotatable bonds is 6. The standard InChI is InChI=1S/C29H31ClN2O2.C2H4O2/c1-17(2)23-15-24(30)18(3)13-27(23)34-16-20-14-19(9-10-26(20)33-4)28-29-22(11-12-31-28)21-7-5-6-8-25(21)32-29;1-2(3)4/h5-10,13-15,17,28,31-32H,11-12,16H2,1-4H3;1H3,(H,3,4). The molecule has 0 radical (unpaired) electrons. The maximum atomic E-state index is 8.89. The predicted molar refractivity (Wildman–Crippen MR) is 149 cm³/mol. The molecule has 0 bridgehead atoms. The second-order valence-corrected chi connectivity index (χ2v) is 10.4. The summed E-state index contributed by atoms with van der Waals surface area (Å²) >= 11 is 6.39. The minimum atomic E-state index is -1.08. The normalized spacial score (nSPS) is 14.6. The lowest BCUT2D eigenvalue weighted by molar-refractivity contribution is -0.690. The Morgan fingerprint density at radius 2 is 1.89 bits per heavy atom. The summed E-state index contributed by atoms with van der Waals surface area (Å²) in [5.41, 5.74) is 8.39. The molecule has 0 fully saturated rings. The third-order valence-corrected chi connectivity index (χ3v) is 7.32. The van der Waals surface area contributed by atoms with Gasteiger partial charge in [-0.3, -0.25) is 0 Å². The molecule has 0 amide bonds. The Hall–Kier alpha value is -3.48. The van der Waals surface area contributed by atoms with Crippen LogP contribution in [0.15, 0.2) is 54.6 Å². The van der Waals surface area contributed by atoms with E-state index in [-0.39, 0.29) is 6.04 Å². The highest BCUT2D eigenvalue weighted by atomic mass is 35.5. The second-order valence-electron chi connectivity index (χ2n) is 9.96. The zero-order chi connectivity index (χ0) is 27.4. The average Bonchev–Trinajstić information content (AvgIpc) is 3.27. The number of carbonyl (C=O) groups excluding carboxylic acids is 1. The number of hydrogen-bond acceptors (Lipinski definition) is 4. The Bertz CT molecular complexity index is 1440. The van der Waals surface area contributed by atoms with Crippen molar-refractivity contribution in [1.29, 1.82) is 0 Å². The number of benzene rings is 3. The number of para-hydroxylation sites is 1. The smallest absolute Gasteiger partial charge is 0.153 e. The first kappa shape index (κ1) is 27.6. The summed E-state index contributed by atoms with van der Waals surface area (Å²) in [6, 6.07) is 19.4. The molecule has 2 heterocycles. The number of nitrogens with one attached hydrogen (secondary N) is 1. The number of aromatic nitrogens is 1. The molecular weight excluding hydrogens is 500 g/mol. The maximum Gasteiger partial charge on any atom is 0.153 e. The van der Waals surface area contributed by atoms with Crippen LogP contribution in [0.5, 0.6) is 11.5 Å². The number of halogens is 1. The van der Waals surface area contributed by atoms with Gasteiger partial charge in [-0.2, -0.15) is 0 Å². The van der Waals surface area contributed by atoms with E-state index in [1.54, 1.807) is 7.11 Å². The third kappa shape index (κ3) is 5.98. The molecule has 1 aliphatic rings. The van der Waals surface area contributed by atoms with Crippen molar-refractivity contribution in [1.82, 2.24) is 4.98 Å². The first-order valence-electron chi connectivity index (χ1n) is 12.9. The highest BCUT2D eigenvalue weighted by Gasteiger charge is 2.29. The molecule has 7 heteroatoms. The van der Waals surface area contributed by atoms with Crippen molar-refractivity contribution >= 4 is 28.5 Å². The Kier molecular flexibility index (Phi) is 8.65. The molecule has 3 aromatic carbocycles. The summed E-state index contributed by atoms with van der Waals surface area (Å²) in [5, 5.41) is 13.4. The van der Waals surface area contributed by atoms with Crippen molar-refractivity contribution in [3.63, 3.8) is 0 Å². The number of ether oxygens (including phenoxy) is 2. The number of carbonyl (C=O) groups is 1. The molecule has 3 N–H and O–H groups in total. The van der Waals surface area contributed by atoms with Gasteiger partial charge in [-0.25, -0.2) is 0 Å². The molecule has 1 atom stereocenters. The monoisotopic (exact) mass is 534 g/mol. The van der Waals surface area contributed by atoms with Crippen LogP contribution in [0, 0.1) is 6.92 Å². The van der Waals surface area contributed by atoms with Crippen LogP contribution in [-0.4, -0.2) is 24.6 Å². The van der Waals surface area contributed by atoms with E-state index in [0.29, 0.717) is 12.5 Å². The van der Waals surface area contributed by atoms with E-state index in [1.165, 1.54) is 27.7 Å². The van der Waals surface area contributed by atoms with Crippen molar-refractivity contribution in [2.45, 2.75) is 52.7 Å². The lowest BCUT2D eigenvalue weighted by Gasteiger charge is -2.23. The molecule has 0 aliphatic carbocycles. The zero-order valence-corrected chi connectivity index (χ0v) is 23.3. The molecule has 0 spiro atoms. The number of nitrogens with two attached hydrogens (primary N) is 1. The van der Waals surface area contributed by atoms with Gasteiger partial charge in [0.25, 0.3) is 0 Å². The van der Waals surface area contributed by atoms with Crippen LogP contribution in [-0.2, 0) is 17.8 Å². The average molecular weight is 535 g/mol. The van der Waals surface area contributed by atoms with E-state index in [4.69, 9.17) is 31.0 Å². The third-order valence-electron chi connectivity index (χ3n) is 6.91. The van der Waals surface area contributed by atoms with E-state index < -0.39 is 5.97 Å². The van der Waals surface area contributed by atoms with Gasteiger partial charge < -0.3 is 29.7 Å². The summed E-state index contributed by atoms with van der Waals surface area (Å²) < 4.78 is 12.1. The first-order chi connectivity index (χ1) is 18.2.